The Bertz CT molecular complexity index is 1150. The van der Waals surface area contributed by atoms with E-state index < -0.39 is 6.10 Å². The Kier molecular flexibility index (Phi) is 5.58. The van der Waals surface area contributed by atoms with Crippen molar-refractivity contribution in [3.63, 3.8) is 0 Å². The fraction of sp³-hybridized carbons (Fsp3) is 0.0833. The molecule has 4 rings (SSSR count). The van der Waals surface area contributed by atoms with Gasteiger partial charge in [-0.15, -0.1) is 0 Å². The minimum Gasteiger partial charge on any atom is -0.481 e. The topological polar surface area (TPSA) is 50.7 Å². The van der Waals surface area contributed by atoms with Gasteiger partial charge in [0.25, 0.3) is 5.91 Å². The zero-order valence-corrected chi connectivity index (χ0v) is 17.4. The van der Waals surface area contributed by atoms with Crippen LogP contribution in [-0.4, -0.2) is 18.2 Å². The molecule has 0 radical (unpaired) electrons. The van der Waals surface area contributed by atoms with E-state index in [1.54, 1.807) is 25.3 Å². The van der Waals surface area contributed by atoms with Crippen molar-refractivity contribution in [2.45, 2.75) is 13.0 Å². The van der Waals surface area contributed by atoms with Crippen molar-refractivity contribution in [2.24, 2.45) is 5.10 Å². The summed E-state index contributed by atoms with van der Waals surface area (Å²) in [6.07, 6.45) is 1.03. The highest BCUT2D eigenvalue weighted by atomic mass is 79.9. The first-order valence-electron chi connectivity index (χ1n) is 9.27. The largest absolute Gasteiger partial charge is 0.481 e. The van der Waals surface area contributed by atoms with Crippen LogP contribution in [-0.2, 0) is 4.79 Å². The molecule has 5 heteroatoms. The number of hydrogen-bond acceptors (Lipinski definition) is 3. The third-order valence-electron chi connectivity index (χ3n) is 4.68. The monoisotopic (exact) mass is 446 g/mol. The number of carbonyl (C=O) groups excluding carboxylic acids is 1. The Morgan fingerprint density at radius 2 is 1.55 bits per heavy atom. The molecule has 0 saturated heterocycles. The van der Waals surface area contributed by atoms with Gasteiger partial charge in [0.1, 0.15) is 5.75 Å². The van der Waals surface area contributed by atoms with E-state index in [0.717, 1.165) is 31.6 Å². The molecule has 144 valence electrons. The molecular formula is C24H19BrN2O2. The van der Waals surface area contributed by atoms with Crippen LogP contribution < -0.4 is 10.2 Å². The molecule has 4 aromatic rings. The summed E-state index contributed by atoms with van der Waals surface area (Å²) in [6.45, 7) is 1.69. The summed E-state index contributed by atoms with van der Waals surface area (Å²) in [5, 5.41) is 8.64. The second kappa shape index (κ2) is 8.45. The Labute approximate surface area is 177 Å². The first-order valence-corrected chi connectivity index (χ1v) is 10.1. The smallest absolute Gasteiger partial charge is 0.280 e. The summed E-state index contributed by atoms with van der Waals surface area (Å²) < 4.78 is 6.62. The van der Waals surface area contributed by atoms with Crippen LogP contribution in [0.25, 0.3) is 21.5 Å². The first-order chi connectivity index (χ1) is 14.1. The molecule has 4 aromatic carbocycles. The fourth-order valence-corrected chi connectivity index (χ4v) is 3.47. The van der Waals surface area contributed by atoms with E-state index in [4.69, 9.17) is 4.74 Å². The number of fused-ring (bicyclic) bond motifs is 2. The standard InChI is InChI=1S/C24H19BrN2O2/c1-16(29-20-12-10-19(25)11-13-20)24(28)27-26-15-23-21-8-4-2-6-17(21)14-18-7-3-5-9-22(18)23/h2-16H,1H3,(H,27,28)/t16-/m1/s1. The molecule has 0 heterocycles. The number of rotatable bonds is 5. The average molecular weight is 447 g/mol. The number of benzene rings is 4. The highest BCUT2D eigenvalue weighted by molar-refractivity contribution is 9.10. The van der Waals surface area contributed by atoms with Crippen LogP contribution in [0.3, 0.4) is 0 Å². The van der Waals surface area contributed by atoms with E-state index in [9.17, 15) is 4.79 Å². The fourth-order valence-electron chi connectivity index (χ4n) is 3.21. The van der Waals surface area contributed by atoms with Crippen LogP contribution >= 0.6 is 15.9 Å². The molecule has 1 amide bonds. The normalized spacial score (nSPS) is 12.3. The second-order valence-corrected chi connectivity index (χ2v) is 7.60. The van der Waals surface area contributed by atoms with Crippen molar-refractivity contribution >= 4 is 49.6 Å². The molecular weight excluding hydrogens is 428 g/mol. The Balaban J connectivity index is 1.54. The lowest BCUT2D eigenvalue weighted by Gasteiger charge is -2.13. The van der Waals surface area contributed by atoms with Gasteiger partial charge in [-0.1, -0.05) is 64.5 Å². The zero-order valence-electron chi connectivity index (χ0n) is 15.8. The number of hydrogen-bond donors (Lipinski definition) is 1. The van der Waals surface area contributed by atoms with Crippen molar-refractivity contribution in [2.75, 3.05) is 0 Å². The first kappa shape index (κ1) is 19.2. The maximum absolute atomic E-state index is 12.4. The van der Waals surface area contributed by atoms with E-state index in [2.05, 4.69) is 56.8 Å². The lowest BCUT2D eigenvalue weighted by atomic mass is 9.97. The molecule has 0 aliphatic rings. The molecule has 29 heavy (non-hydrogen) atoms. The summed E-state index contributed by atoms with van der Waals surface area (Å²) in [7, 11) is 0. The van der Waals surface area contributed by atoms with Crippen molar-refractivity contribution in [1.82, 2.24) is 5.43 Å². The average Bonchev–Trinajstić information content (AvgIpc) is 2.74. The van der Waals surface area contributed by atoms with Gasteiger partial charge in [-0.05, 0) is 58.8 Å². The highest BCUT2D eigenvalue weighted by Gasteiger charge is 2.14. The summed E-state index contributed by atoms with van der Waals surface area (Å²) in [6, 6.07) is 25.8. The Morgan fingerprint density at radius 3 is 2.17 bits per heavy atom. The molecule has 0 unspecified atom stereocenters. The Morgan fingerprint density at radius 1 is 0.966 bits per heavy atom. The number of halogens is 1. The summed E-state index contributed by atoms with van der Waals surface area (Å²) in [5.74, 6) is 0.314. The number of ether oxygens (including phenoxy) is 1. The van der Waals surface area contributed by atoms with Crippen LogP contribution in [0, 0.1) is 0 Å². The zero-order chi connectivity index (χ0) is 20.2. The number of amides is 1. The summed E-state index contributed by atoms with van der Waals surface area (Å²) >= 11 is 3.38. The van der Waals surface area contributed by atoms with Gasteiger partial charge in [-0.25, -0.2) is 5.43 Å². The van der Waals surface area contributed by atoms with E-state index in [1.165, 1.54) is 0 Å². The van der Waals surface area contributed by atoms with Crippen molar-refractivity contribution in [1.29, 1.82) is 0 Å². The minimum absolute atomic E-state index is 0.311. The maximum Gasteiger partial charge on any atom is 0.280 e. The maximum atomic E-state index is 12.4. The van der Waals surface area contributed by atoms with Gasteiger partial charge in [0.05, 0.1) is 6.21 Å². The molecule has 0 fully saturated rings. The molecule has 0 spiro atoms. The van der Waals surface area contributed by atoms with Crippen molar-refractivity contribution in [3.05, 3.63) is 88.9 Å². The number of hydrazone groups is 1. The van der Waals surface area contributed by atoms with E-state index in [1.807, 2.05) is 36.4 Å². The van der Waals surface area contributed by atoms with Gasteiger partial charge in [-0.3, -0.25) is 4.79 Å². The van der Waals surface area contributed by atoms with Gasteiger partial charge >= 0.3 is 0 Å². The minimum atomic E-state index is -0.669. The summed E-state index contributed by atoms with van der Waals surface area (Å²) in [5.41, 5.74) is 3.56. The predicted octanol–water partition coefficient (Wildman–Crippen LogP) is 5.67. The third kappa shape index (κ3) is 4.30. The molecule has 0 aromatic heterocycles. The molecule has 0 saturated carbocycles. The molecule has 0 aliphatic carbocycles. The predicted molar refractivity (Wildman–Crippen MR) is 121 cm³/mol. The SMILES string of the molecule is C[C@@H](Oc1ccc(Br)cc1)C(=O)NN=Cc1c2ccccc2cc2ccccc12. The van der Waals surface area contributed by atoms with Crippen LogP contribution in [0.4, 0.5) is 0 Å². The molecule has 4 nitrogen and oxygen atoms in total. The molecule has 1 N–H and O–H groups in total. The van der Waals surface area contributed by atoms with Gasteiger partial charge in [-0.2, -0.15) is 5.10 Å². The highest BCUT2D eigenvalue weighted by Crippen LogP contribution is 2.27. The van der Waals surface area contributed by atoms with Crippen molar-refractivity contribution in [3.8, 4) is 5.75 Å². The third-order valence-corrected chi connectivity index (χ3v) is 5.21. The van der Waals surface area contributed by atoms with Gasteiger partial charge < -0.3 is 4.74 Å². The number of nitrogens with one attached hydrogen (secondary N) is 1. The lowest BCUT2D eigenvalue weighted by Crippen LogP contribution is -2.33. The van der Waals surface area contributed by atoms with Crippen LogP contribution in [0.15, 0.2) is 88.4 Å². The second-order valence-electron chi connectivity index (χ2n) is 6.68. The molecule has 0 bridgehead atoms. The van der Waals surface area contributed by atoms with Gasteiger partial charge in [0, 0.05) is 10.0 Å². The number of nitrogens with zero attached hydrogens (tertiary/aromatic N) is 1. The quantitative estimate of drug-likeness (QED) is 0.243. The molecule has 1 atom stereocenters. The summed E-state index contributed by atoms with van der Waals surface area (Å²) in [4.78, 5) is 12.4. The van der Waals surface area contributed by atoms with E-state index >= 15 is 0 Å². The van der Waals surface area contributed by atoms with Crippen LogP contribution in [0.1, 0.15) is 12.5 Å². The Hall–Kier alpha value is -3.18. The van der Waals surface area contributed by atoms with Gasteiger partial charge in [0.15, 0.2) is 6.10 Å². The van der Waals surface area contributed by atoms with Gasteiger partial charge in [0.2, 0.25) is 0 Å². The van der Waals surface area contributed by atoms with Crippen molar-refractivity contribution < 1.29 is 9.53 Å². The van der Waals surface area contributed by atoms with Crippen LogP contribution in [0.5, 0.6) is 5.75 Å². The number of carbonyl (C=O) groups is 1. The van der Waals surface area contributed by atoms with E-state index in [0.29, 0.717) is 5.75 Å². The molecule has 0 aliphatic heterocycles. The van der Waals surface area contributed by atoms with Crippen LogP contribution in [0.2, 0.25) is 0 Å². The lowest BCUT2D eigenvalue weighted by molar-refractivity contribution is -0.127. The van der Waals surface area contributed by atoms with E-state index in [-0.39, 0.29) is 5.91 Å².